The Morgan fingerprint density at radius 2 is 1.12 bits per heavy atom. The van der Waals surface area contributed by atoms with E-state index in [2.05, 4.69) is 14.5 Å². The van der Waals surface area contributed by atoms with Crippen molar-refractivity contribution in [1.29, 1.82) is 0 Å². The molecule has 0 saturated heterocycles. The van der Waals surface area contributed by atoms with Crippen molar-refractivity contribution in [1.82, 2.24) is 14.5 Å². The number of aliphatic hydroxyl groups is 1. The van der Waals surface area contributed by atoms with E-state index in [4.69, 9.17) is 35.3 Å². The molecule has 0 aromatic carbocycles. The maximum Gasteiger partial charge on any atom is 0.221 e. The van der Waals surface area contributed by atoms with Gasteiger partial charge in [-0.3, -0.25) is 14.4 Å². The molecule has 0 aliphatic rings. The van der Waals surface area contributed by atoms with Crippen molar-refractivity contribution in [2.75, 3.05) is 36.9 Å². The topological polar surface area (TPSA) is 108 Å². The van der Waals surface area contributed by atoms with Crippen LogP contribution in [0.25, 0.3) is 0 Å². The minimum Gasteiger partial charge on any atom is -0.380 e. The Kier molecular flexibility index (Phi) is 16.3. The lowest BCUT2D eigenvalue weighted by Crippen LogP contribution is -2.41. The number of hydrogen-bond donors (Lipinski definition) is 4. The second kappa shape index (κ2) is 15.8. The SMILES string of the molecule is O=C(CC(O)(CC(=O)SCCNCl)C(=O)SCCNCl)SCCNCl. The van der Waals surface area contributed by atoms with Crippen molar-refractivity contribution in [2.45, 2.75) is 18.4 Å². The summed E-state index contributed by atoms with van der Waals surface area (Å²) in [5.74, 6) is 1.08. The van der Waals surface area contributed by atoms with Crippen LogP contribution in [0.5, 0.6) is 0 Å². The standard InChI is InChI=1S/C12H20Cl3N3O4S3/c13-16-1-4-23-9(19)7-12(22,11(21)25-6-3-18-15)8-10(20)24-5-2-17-14/h16-18,22H,1-8H2. The van der Waals surface area contributed by atoms with E-state index in [-0.39, 0.29) is 10.2 Å². The Hall–Kier alpha value is 0.770. The molecular formula is C12H20Cl3N3O4S3. The van der Waals surface area contributed by atoms with Crippen LogP contribution in [0.3, 0.4) is 0 Å². The summed E-state index contributed by atoms with van der Waals surface area (Å²) >= 11 is 18.6. The summed E-state index contributed by atoms with van der Waals surface area (Å²) in [4.78, 5) is 43.4. The van der Waals surface area contributed by atoms with Crippen LogP contribution in [-0.4, -0.2) is 62.9 Å². The van der Waals surface area contributed by atoms with Gasteiger partial charge >= 0.3 is 0 Å². The van der Waals surface area contributed by atoms with Gasteiger partial charge in [-0.1, -0.05) is 35.3 Å². The molecule has 4 N–H and O–H groups in total. The predicted molar refractivity (Wildman–Crippen MR) is 108 cm³/mol. The third-order valence-corrected chi connectivity index (χ3v) is 5.97. The molecule has 0 rings (SSSR count). The van der Waals surface area contributed by atoms with E-state index < -0.39 is 23.6 Å². The summed E-state index contributed by atoms with van der Waals surface area (Å²) in [5.41, 5.74) is -2.05. The first-order valence-electron chi connectivity index (χ1n) is 7.11. The van der Waals surface area contributed by atoms with E-state index in [1.54, 1.807) is 0 Å². The van der Waals surface area contributed by atoms with Gasteiger partial charge in [0, 0.05) is 36.9 Å². The van der Waals surface area contributed by atoms with Gasteiger partial charge < -0.3 is 5.11 Å². The Bertz CT molecular complexity index is 412. The summed E-state index contributed by atoms with van der Waals surface area (Å²) < 4.78 is 0. The molecule has 0 fully saturated rings. The lowest BCUT2D eigenvalue weighted by Gasteiger charge is -2.24. The summed E-state index contributed by atoms with van der Waals surface area (Å²) in [6, 6.07) is 0. The molecule has 0 aromatic heterocycles. The summed E-state index contributed by atoms with van der Waals surface area (Å²) in [7, 11) is 0. The van der Waals surface area contributed by atoms with Gasteiger partial charge in [-0.15, -0.1) is 0 Å². The number of hydrogen-bond acceptors (Lipinski definition) is 10. The third kappa shape index (κ3) is 12.7. The van der Waals surface area contributed by atoms with Crippen LogP contribution in [-0.2, 0) is 14.4 Å². The van der Waals surface area contributed by atoms with Crippen molar-refractivity contribution >= 4 is 86.0 Å². The Morgan fingerprint density at radius 3 is 1.48 bits per heavy atom. The molecule has 0 saturated carbocycles. The molecule has 0 spiro atoms. The van der Waals surface area contributed by atoms with E-state index in [9.17, 15) is 19.5 Å². The highest BCUT2D eigenvalue weighted by Crippen LogP contribution is 2.28. The molecule has 0 atom stereocenters. The van der Waals surface area contributed by atoms with E-state index in [1.165, 1.54) is 0 Å². The lowest BCUT2D eigenvalue weighted by molar-refractivity contribution is -0.136. The van der Waals surface area contributed by atoms with E-state index in [1.807, 2.05) is 0 Å². The Morgan fingerprint density at radius 1 is 0.760 bits per heavy atom. The monoisotopic (exact) mass is 471 g/mol. The molecule has 0 aliphatic carbocycles. The number of nitrogens with one attached hydrogen (secondary N) is 3. The highest BCUT2D eigenvalue weighted by Gasteiger charge is 2.40. The van der Waals surface area contributed by atoms with Gasteiger partial charge in [0.25, 0.3) is 0 Å². The molecule has 0 radical (unpaired) electrons. The van der Waals surface area contributed by atoms with Crippen molar-refractivity contribution in [2.24, 2.45) is 0 Å². The molecule has 7 nitrogen and oxygen atoms in total. The van der Waals surface area contributed by atoms with Gasteiger partial charge in [-0.25, -0.2) is 14.5 Å². The fourth-order valence-corrected chi connectivity index (χ4v) is 4.48. The van der Waals surface area contributed by atoms with Crippen LogP contribution >= 0.6 is 70.6 Å². The van der Waals surface area contributed by atoms with Crippen molar-refractivity contribution in [3.05, 3.63) is 0 Å². The van der Waals surface area contributed by atoms with Crippen molar-refractivity contribution in [3.8, 4) is 0 Å². The zero-order chi connectivity index (χ0) is 19.1. The lowest BCUT2D eigenvalue weighted by atomic mass is 9.99. The molecule has 0 amide bonds. The maximum atomic E-state index is 12.3. The van der Waals surface area contributed by atoms with Gasteiger partial charge in [0.15, 0.2) is 10.2 Å². The van der Waals surface area contributed by atoms with Crippen molar-refractivity contribution < 1.29 is 19.5 Å². The van der Waals surface area contributed by atoms with Gasteiger partial charge in [0.2, 0.25) is 5.12 Å². The molecule has 0 bridgehead atoms. The van der Waals surface area contributed by atoms with Crippen molar-refractivity contribution in [3.63, 3.8) is 0 Å². The molecule has 0 aromatic rings. The summed E-state index contributed by atoms with van der Waals surface area (Å²) in [6.45, 7) is 1.11. The largest absolute Gasteiger partial charge is 0.380 e. The van der Waals surface area contributed by atoms with Gasteiger partial charge in [-0.2, -0.15) is 0 Å². The smallest absolute Gasteiger partial charge is 0.221 e. The Balaban J connectivity index is 4.80. The van der Waals surface area contributed by atoms with E-state index in [0.717, 1.165) is 35.3 Å². The third-order valence-electron chi connectivity index (χ3n) is 2.60. The quantitative estimate of drug-likeness (QED) is 0.219. The fourth-order valence-electron chi connectivity index (χ4n) is 1.51. The maximum absolute atomic E-state index is 12.3. The Labute approximate surface area is 174 Å². The van der Waals surface area contributed by atoms with E-state index >= 15 is 0 Å². The summed E-state index contributed by atoms with van der Waals surface area (Å²) in [5, 5.41) is 9.25. The molecule has 0 heterocycles. The van der Waals surface area contributed by atoms with Crippen LogP contribution in [0.15, 0.2) is 0 Å². The molecule has 25 heavy (non-hydrogen) atoms. The zero-order valence-corrected chi connectivity index (χ0v) is 17.9. The van der Waals surface area contributed by atoms with Crippen LogP contribution < -0.4 is 14.5 Å². The van der Waals surface area contributed by atoms with E-state index in [0.29, 0.717) is 36.9 Å². The fraction of sp³-hybridized carbons (Fsp3) is 0.750. The van der Waals surface area contributed by atoms with Crippen LogP contribution in [0.2, 0.25) is 0 Å². The zero-order valence-electron chi connectivity index (χ0n) is 13.2. The van der Waals surface area contributed by atoms with Gasteiger partial charge in [0.05, 0.1) is 12.8 Å². The highest BCUT2D eigenvalue weighted by atomic mass is 35.5. The second-order valence-corrected chi connectivity index (χ2v) is 8.79. The number of carbonyl (C=O) groups is 3. The molecular weight excluding hydrogens is 453 g/mol. The van der Waals surface area contributed by atoms with Crippen LogP contribution in [0.1, 0.15) is 12.8 Å². The second-order valence-electron chi connectivity index (χ2n) is 4.61. The highest BCUT2D eigenvalue weighted by molar-refractivity contribution is 8.14. The average molecular weight is 473 g/mol. The minimum absolute atomic E-state index is 0.305. The normalized spacial score (nSPS) is 11.5. The van der Waals surface area contributed by atoms with Crippen LogP contribution in [0, 0.1) is 0 Å². The first-order valence-corrected chi connectivity index (χ1v) is 11.2. The van der Waals surface area contributed by atoms with Gasteiger partial charge in [0.1, 0.15) is 5.60 Å². The number of halogens is 3. The molecule has 13 heteroatoms. The van der Waals surface area contributed by atoms with Crippen LogP contribution in [0.4, 0.5) is 0 Å². The molecule has 0 aliphatic heterocycles. The number of carbonyl (C=O) groups excluding carboxylic acids is 3. The molecule has 146 valence electrons. The minimum atomic E-state index is -2.05. The predicted octanol–water partition coefficient (Wildman–Crippen LogP) is 1.51. The average Bonchev–Trinajstić information content (AvgIpc) is 2.55. The first kappa shape index (κ1) is 25.8. The number of rotatable bonds is 14. The van der Waals surface area contributed by atoms with Gasteiger partial charge in [-0.05, 0) is 35.3 Å². The summed E-state index contributed by atoms with van der Waals surface area (Å²) in [6.07, 6.45) is -0.889. The first-order chi connectivity index (χ1) is 11.9. The molecule has 0 unspecified atom stereocenters. The number of thioether (sulfide) groups is 3.